The first-order chi connectivity index (χ1) is 25.0. The number of benzene rings is 4. The standard InChI is InChI=1S/C44H47FN2O5/c1-29(2)40-39(42(49)46-34-19-13-8-14-20-34)38(30-15-9-6-10-16-30)41(31-21-23-33(45)24-22-31)47(40)26-25-35-27-36(28-37(48)52-44(3,4)5)51-43(50-35)32-17-11-7-12-18-32/h6-24,29,35-36,43H,25-28H2,1-5H3,(H,46,49)/t35-,36-,43-/m1/s1. The number of ether oxygens (including phenoxy) is 3. The van der Waals surface area contributed by atoms with Crippen molar-refractivity contribution in [2.75, 3.05) is 5.32 Å². The molecule has 4 aromatic carbocycles. The highest BCUT2D eigenvalue weighted by Crippen LogP contribution is 2.43. The predicted molar refractivity (Wildman–Crippen MR) is 202 cm³/mol. The topological polar surface area (TPSA) is 78.8 Å². The third-order valence-electron chi connectivity index (χ3n) is 9.01. The minimum atomic E-state index is -0.662. The van der Waals surface area contributed by atoms with E-state index in [1.54, 1.807) is 12.1 Å². The zero-order valence-corrected chi connectivity index (χ0v) is 30.5. The van der Waals surface area contributed by atoms with E-state index >= 15 is 0 Å². The first-order valence-corrected chi connectivity index (χ1v) is 18.0. The summed E-state index contributed by atoms with van der Waals surface area (Å²) in [6, 6.07) is 35.5. The van der Waals surface area contributed by atoms with E-state index in [0.29, 0.717) is 30.6 Å². The van der Waals surface area contributed by atoms with Gasteiger partial charge in [-0.3, -0.25) is 9.59 Å². The summed E-state index contributed by atoms with van der Waals surface area (Å²) in [6.07, 6.45) is -0.212. The van der Waals surface area contributed by atoms with Crippen LogP contribution in [0.15, 0.2) is 115 Å². The third kappa shape index (κ3) is 8.87. The normalized spacial score (nSPS) is 17.6. The highest BCUT2D eigenvalue weighted by Gasteiger charge is 2.35. The number of carbonyl (C=O) groups is 2. The highest BCUT2D eigenvalue weighted by atomic mass is 19.1. The minimum Gasteiger partial charge on any atom is -0.460 e. The second-order valence-corrected chi connectivity index (χ2v) is 14.6. The van der Waals surface area contributed by atoms with Gasteiger partial charge in [0.25, 0.3) is 5.91 Å². The second kappa shape index (κ2) is 16.1. The van der Waals surface area contributed by atoms with Gasteiger partial charge in [-0.15, -0.1) is 0 Å². The molecule has 1 aliphatic rings. The Balaban J connectivity index is 1.43. The van der Waals surface area contributed by atoms with Crippen molar-refractivity contribution < 1.29 is 28.2 Å². The van der Waals surface area contributed by atoms with Crippen molar-refractivity contribution in [2.45, 2.75) is 90.4 Å². The van der Waals surface area contributed by atoms with Gasteiger partial charge in [0, 0.05) is 35.5 Å². The van der Waals surface area contributed by atoms with Gasteiger partial charge in [0.2, 0.25) is 0 Å². The van der Waals surface area contributed by atoms with Crippen molar-refractivity contribution in [3.8, 4) is 22.4 Å². The summed E-state index contributed by atoms with van der Waals surface area (Å²) in [4.78, 5) is 27.4. The van der Waals surface area contributed by atoms with E-state index in [-0.39, 0.29) is 36.1 Å². The van der Waals surface area contributed by atoms with E-state index < -0.39 is 18.0 Å². The van der Waals surface area contributed by atoms with E-state index in [4.69, 9.17) is 14.2 Å². The van der Waals surface area contributed by atoms with Gasteiger partial charge in [-0.05, 0) is 80.6 Å². The lowest BCUT2D eigenvalue weighted by atomic mass is 9.94. The molecule has 3 atom stereocenters. The number of rotatable bonds is 11. The molecule has 1 aliphatic heterocycles. The maximum absolute atomic E-state index is 14.5. The van der Waals surface area contributed by atoms with E-state index in [2.05, 4.69) is 23.7 Å². The Bertz CT molecular complexity index is 1950. The van der Waals surface area contributed by atoms with Crippen molar-refractivity contribution in [3.63, 3.8) is 0 Å². The van der Waals surface area contributed by atoms with Crippen LogP contribution in [0.25, 0.3) is 22.4 Å². The van der Waals surface area contributed by atoms with Crippen LogP contribution in [0.3, 0.4) is 0 Å². The molecule has 0 bridgehead atoms. The largest absolute Gasteiger partial charge is 0.460 e. The van der Waals surface area contributed by atoms with Crippen LogP contribution >= 0.6 is 0 Å². The van der Waals surface area contributed by atoms with E-state index in [0.717, 1.165) is 33.6 Å². The number of hydrogen-bond acceptors (Lipinski definition) is 5. The first-order valence-electron chi connectivity index (χ1n) is 18.0. The molecule has 0 spiro atoms. The molecule has 1 N–H and O–H groups in total. The molecule has 1 fully saturated rings. The Morgan fingerprint density at radius 3 is 2.04 bits per heavy atom. The Hall–Kier alpha value is -5.05. The van der Waals surface area contributed by atoms with Gasteiger partial charge in [0.15, 0.2) is 6.29 Å². The average Bonchev–Trinajstić information content (AvgIpc) is 3.47. The number of aromatic nitrogens is 1. The molecular formula is C44H47FN2O5. The molecule has 1 amide bonds. The Kier molecular flexibility index (Phi) is 11.4. The molecule has 8 heteroatoms. The fourth-order valence-electron chi connectivity index (χ4n) is 6.92. The van der Waals surface area contributed by atoms with Gasteiger partial charge in [-0.2, -0.15) is 0 Å². The summed E-state index contributed by atoms with van der Waals surface area (Å²) >= 11 is 0. The van der Waals surface area contributed by atoms with Crippen LogP contribution in [0.4, 0.5) is 10.1 Å². The van der Waals surface area contributed by atoms with Crippen LogP contribution in [-0.4, -0.2) is 34.3 Å². The molecular weight excluding hydrogens is 655 g/mol. The predicted octanol–water partition coefficient (Wildman–Crippen LogP) is 10.3. The lowest BCUT2D eigenvalue weighted by molar-refractivity contribution is -0.251. The maximum Gasteiger partial charge on any atom is 0.308 e. The summed E-state index contributed by atoms with van der Waals surface area (Å²) in [6.45, 7) is 10.2. The van der Waals surface area contributed by atoms with Gasteiger partial charge in [-0.1, -0.05) is 92.7 Å². The summed E-state index contributed by atoms with van der Waals surface area (Å²) < 4.78 is 35.2. The lowest BCUT2D eigenvalue weighted by Gasteiger charge is -2.36. The molecule has 1 aromatic heterocycles. The van der Waals surface area contributed by atoms with Gasteiger partial charge in [-0.25, -0.2) is 4.39 Å². The number of carbonyl (C=O) groups excluding carboxylic acids is 2. The summed E-state index contributed by atoms with van der Waals surface area (Å²) in [5.74, 6) is -0.939. The number of esters is 1. The number of hydrogen-bond donors (Lipinski definition) is 1. The van der Waals surface area contributed by atoms with Crippen LogP contribution in [0.5, 0.6) is 0 Å². The number of amides is 1. The van der Waals surface area contributed by atoms with Crippen LogP contribution in [-0.2, 0) is 25.5 Å². The first kappa shape index (κ1) is 36.7. The maximum atomic E-state index is 14.5. The molecule has 52 heavy (non-hydrogen) atoms. The third-order valence-corrected chi connectivity index (χ3v) is 9.01. The Morgan fingerprint density at radius 1 is 0.827 bits per heavy atom. The van der Waals surface area contributed by atoms with E-state index in [1.165, 1.54) is 12.1 Å². The second-order valence-electron chi connectivity index (χ2n) is 14.6. The molecule has 5 aromatic rings. The van der Waals surface area contributed by atoms with Gasteiger partial charge >= 0.3 is 5.97 Å². The molecule has 0 saturated carbocycles. The van der Waals surface area contributed by atoms with Crippen LogP contribution in [0.1, 0.15) is 87.7 Å². The number of nitrogens with one attached hydrogen (secondary N) is 1. The number of anilines is 1. The van der Waals surface area contributed by atoms with E-state index in [9.17, 15) is 14.0 Å². The number of nitrogens with zero attached hydrogens (tertiary/aromatic N) is 1. The monoisotopic (exact) mass is 702 g/mol. The van der Waals surface area contributed by atoms with Crippen molar-refractivity contribution in [3.05, 3.63) is 138 Å². The van der Waals surface area contributed by atoms with Gasteiger partial charge < -0.3 is 24.1 Å². The van der Waals surface area contributed by atoms with Crippen molar-refractivity contribution >= 4 is 17.6 Å². The molecule has 0 radical (unpaired) electrons. The highest BCUT2D eigenvalue weighted by molar-refractivity contribution is 6.12. The SMILES string of the molecule is CC(C)c1c(C(=O)Nc2ccccc2)c(-c2ccccc2)c(-c2ccc(F)cc2)n1CC[C@@H]1C[C@H](CC(=O)OC(C)(C)C)O[C@H](c2ccccc2)O1. The molecule has 0 unspecified atom stereocenters. The zero-order valence-electron chi connectivity index (χ0n) is 30.5. The van der Waals surface area contributed by atoms with Crippen molar-refractivity contribution in [1.82, 2.24) is 4.57 Å². The number of para-hydroxylation sites is 1. The fraction of sp³-hybridized carbons (Fsp3) is 0.318. The van der Waals surface area contributed by atoms with Gasteiger partial charge in [0.05, 0.1) is 29.9 Å². The molecule has 270 valence electrons. The van der Waals surface area contributed by atoms with Crippen LogP contribution < -0.4 is 5.32 Å². The summed E-state index contributed by atoms with van der Waals surface area (Å²) in [5.41, 5.74) is 5.65. The summed E-state index contributed by atoms with van der Waals surface area (Å²) in [7, 11) is 0. The lowest BCUT2D eigenvalue weighted by Crippen LogP contribution is -2.37. The zero-order chi connectivity index (χ0) is 36.8. The van der Waals surface area contributed by atoms with Crippen molar-refractivity contribution in [2.24, 2.45) is 0 Å². The Labute approximate surface area is 305 Å². The Morgan fingerprint density at radius 2 is 1.42 bits per heavy atom. The number of halogens is 1. The molecule has 1 saturated heterocycles. The summed E-state index contributed by atoms with van der Waals surface area (Å²) in [5, 5.41) is 3.14. The smallest absolute Gasteiger partial charge is 0.308 e. The van der Waals surface area contributed by atoms with Gasteiger partial charge in [0.1, 0.15) is 11.4 Å². The van der Waals surface area contributed by atoms with Crippen LogP contribution in [0, 0.1) is 5.82 Å². The molecule has 7 nitrogen and oxygen atoms in total. The minimum absolute atomic E-state index is 0.0548. The molecule has 0 aliphatic carbocycles. The fourth-order valence-corrected chi connectivity index (χ4v) is 6.92. The molecule has 6 rings (SSSR count). The van der Waals surface area contributed by atoms with E-state index in [1.807, 2.05) is 112 Å². The molecule has 2 heterocycles. The van der Waals surface area contributed by atoms with Crippen LogP contribution in [0.2, 0.25) is 0 Å². The average molecular weight is 703 g/mol. The van der Waals surface area contributed by atoms with Crippen molar-refractivity contribution in [1.29, 1.82) is 0 Å². The quantitative estimate of drug-likeness (QED) is 0.139.